The van der Waals surface area contributed by atoms with Gasteiger partial charge >= 0.3 is 5.97 Å². The number of cyclic esters (lactones) is 1. The molecule has 1 heterocycles. The molecule has 1 spiro atoms. The highest BCUT2D eigenvalue weighted by Gasteiger charge is 2.42. The van der Waals surface area contributed by atoms with Crippen LogP contribution in [0, 0.1) is 5.41 Å². The van der Waals surface area contributed by atoms with E-state index in [4.69, 9.17) is 4.74 Å². The third-order valence-corrected chi connectivity index (χ3v) is 3.28. The van der Waals surface area contributed by atoms with Gasteiger partial charge in [0.25, 0.3) is 0 Å². The van der Waals surface area contributed by atoms with Crippen molar-refractivity contribution in [3.8, 4) is 0 Å². The van der Waals surface area contributed by atoms with E-state index in [9.17, 15) is 4.79 Å². The van der Waals surface area contributed by atoms with Crippen molar-refractivity contribution in [2.24, 2.45) is 5.41 Å². The monoisotopic (exact) mass is 168 g/mol. The molecule has 1 aliphatic heterocycles. The van der Waals surface area contributed by atoms with Gasteiger partial charge in [0.1, 0.15) is 0 Å². The first-order chi connectivity index (χ1) is 5.83. The summed E-state index contributed by atoms with van der Waals surface area (Å²) in [7, 11) is 0. The number of ether oxygens (including phenoxy) is 1. The highest BCUT2D eigenvalue weighted by atomic mass is 16.5. The van der Waals surface area contributed by atoms with Crippen LogP contribution in [0.15, 0.2) is 0 Å². The van der Waals surface area contributed by atoms with Crippen LogP contribution in [-0.2, 0) is 9.53 Å². The molecule has 0 radical (unpaired) electrons. The zero-order valence-electron chi connectivity index (χ0n) is 7.47. The summed E-state index contributed by atoms with van der Waals surface area (Å²) in [5.41, 5.74) is -0.0451. The molecule has 1 aliphatic carbocycles. The van der Waals surface area contributed by atoms with Gasteiger partial charge in [-0.25, -0.2) is 0 Å². The van der Waals surface area contributed by atoms with Crippen molar-refractivity contribution < 1.29 is 9.53 Å². The van der Waals surface area contributed by atoms with Gasteiger partial charge in [-0.05, 0) is 25.7 Å². The normalized spacial score (nSPS) is 28.5. The fourth-order valence-corrected chi connectivity index (χ4v) is 2.51. The van der Waals surface area contributed by atoms with Crippen molar-refractivity contribution >= 4 is 5.97 Å². The summed E-state index contributed by atoms with van der Waals surface area (Å²) in [5.74, 6) is 0.0912. The maximum Gasteiger partial charge on any atom is 0.312 e. The molecule has 0 aromatic carbocycles. The summed E-state index contributed by atoms with van der Waals surface area (Å²) in [6.07, 6.45) is 8.04. The van der Waals surface area contributed by atoms with Gasteiger partial charge in [-0.3, -0.25) is 4.79 Å². The largest absolute Gasteiger partial charge is 0.465 e. The minimum Gasteiger partial charge on any atom is -0.465 e. The van der Waals surface area contributed by atoms with E-state index in [1.54, 1.807) is 0 Å². The Labute approximate surface area is 73.3 Å². The topological polar surface area (TPSA) is 26.3 Å². The molecule has 0 amide bonds. The average molecular weight is 168 g/mol. The molecule has 0 unspecified atom stereocenters. The highest BCUT2D eigenvalue weighted by Crippen LogP contribution is 2.43. The summed E-state index contributed by atoms with van der Waals surface area (Å²) in [4.78, 5) is 11.5. The van der Waals surface area contributed by atoms with Crippen molar-refractivity contribution in [3.63, 3.8) is 0 Å². The molecule has 2 rings (SSSR count). The molecule has 0 N–H and O–H groups in total. The number of rotatable bonds is 0. The van der Waals surface area contributed by atoms with Gasteiger partial charge in [-0.2, -0.15) is 0 Å². The predicted molar refractivity (Wildman–Crippen MR) is 45.7 cm³/mol. The van der Waals surface area contributed by atoms with Crippen LogP contribution in [0.3, 0.4) is 0 Å². The van der Waals surface area contributed by atoms with Crippen molar-refractivity contribution in [1.29, 1.82) is 0 Å². The fourth-order valence-electron chi connectivity index (χ4n) is 2.51. The van der Waals surface area contributed by atoms with E-state index in [0.717, 1.165) is 25.7 Å². The first-order valence-corrected chi connectivity index (χ1v) is 5.01. The Hall–Kier alpha value is -0.530. The summed E-state index contributed by atoms with van der Waals surface area (Å²) in [6.45, 7) is 0.653. The quantitative estimate of drug-likeness (QED) is 0.519. The van der Waals surface area contributed by atoms with Crippen molar-refractivity contribution in [2.75, 3.05) is 6.61 Å². The standard InChI is InChI=1S/C10H16O2/c11-9-10(7-4-8-12-9)5-2-1-3-6-10/h1-8H2. The molecule has 0 aromatic heterocycles. The molecule has 68 valence electrons. The van der Waals surface area contributed by atoms with E-state index in [2.05, 4.69) is 0 Å². The molecule has 0 aromatic rings. The molecular formula is C10H16O2. The van der Waals surface area contributed by atoms with Gasteiger partial charge in [-0.15, -0.1) is 0 Å². The molecular weight excluding hydrogens is 152 g/mol. The molecule has 2 heteroatoms. The van der Waals surface area contributed by atoms with E-state index in [-0.39, 0.29) is 11.4 Å². The number of carbonyl (C=O) groups excluding carboxylic acids is 1. The number of carbonyl (C=O) groups is 1. The molecule has 1 saturated heterocycles. The minimum absolute atomic E-state index is 0.0451. The smallest absolute Gasteiger partial charge is 0.312 e. The fraction of sp³-hybridized carbons (Fsp3) is 0.900. The maximum atomic E-state index is 11.5. The molecule has 2 fully saturated rings. The number of hydrogen-bond acceptors (Lipinski definition) is 2. The molecule has 0 bridgehead atoms. The molecule has 1 saturated carbocycles. The SMILES string of the molecule is O=C1OCCCC12CCCCC2. The Morgan fingerprint density at radius 1 is 1.00 bits per heavy atom. The van der Waals surface area contributed by atoms with Gasteiger partial charge in [0.05, 0.1) is 12.0 Å². The van der Waals surface area contributed by atoms with E-state index in [1.165, 1.54) is 19.3 Å². The van der Waals surface area contributed by atoms with Gasteiger partial charge < -0.3 is 4.74 Å². The predicted octanol–water partition coefficient (Wildman–Crippen LogP) is 2.27. The first-order valence-electron chi connectivity index (χ1n) is 5.01. The van der Waals surface area contributed by atoms with Crippen LogP contribution >= 0.6 is 0 Å². The molecule has 12 heavy (non-hydrogen) atoms. The van der Waals surface area contributed by atoms with E-state index in [1.807, 2.05) is 0 Å². The second kappa shape index (κ2) is 3.08. The lowest BCUT2D eigenvalue weighted by molar-refractivity contribution is -0.164. The van der Waals surface area contributed by atoms with Crippen LogP contribution in [0.4, 0.5) is 0 Å². The van der Waals surface area contributed by atoms with Crippen LogP contribution < -0.4 is 0 Å². The summed E-state index contributed by atoms with van der Waals surface area (Å²) >= 11 is 0. The van der Waals surface area contributed by atoms with Crippen molar-refractivity contribution in [2.45, 2.75) is 44.9 Å². The van der Waals surface area contributed by atoms with Crippen LogP contribution in [-0.4, -0.2) is 12.6 Å². The lowest BCUT2D eigenvalue weighted by atomic mass is 9.70. The Morgan fingerprint density at radius 2 is 1.67 bits per heavy atom. The Morgan fingerprint density at radius 3 is 2.33 bits per heavy atom. The Kier molecular flexibility index (Phi) is 2.07. The number of hydrogen-bond donors (Lipinski definition) is 0. The second-order valence-corrected chi connectivity index (χ2v) is 4.08. The molecule has 0 atom stereocenters. The lowest BCUT2D eigenvalue weighted by Gasteiger charge is -2.37. The van der Waals surface area contributed by atoms with Crippen LogP contribution in [0.2, 0.25) is 0 Å². The lowest BCUT2D eigenvalue weighted by Crippen LogP contribution is -2.38. The second-order valence-electron chi connectivity index (χ2n) is 4.08. The van der Waals surface area contributed by atoms with Crippen LogP contribution in [0.25, 0.3) is 0 Å². The molecule has 2 nitrogen and oxygen atoms in total. The molecule has 2 aliphatic rings. The van der Waals surface area contributed by atoms with Gasteiger partial charge in [0.2, 0.25) is 0 Å². The zero-order chi connectivity index (χ0) is 8.44. The number of esters is 1. The summed E-state index contributed by atoms with van der Waals surface area (Å²) in [5, 5.41) is 0. The highest BCUT2D eigenvalue weighted by molar-refractivity contribution is 5.77. The third-order valence-electron chi connectivity index (χ3n) is 3.28. The van der Waals surface area contributed by atoms with Crippen LogP contribution in [0.1, 0.15) is 44.9 Å². The van der Waals surface area contributed by atoms with Crippen molar-refractivity contribution in [1.82, 2.24) is 0 Å². The van der Waals surface area contributed by atoms with Crippen LogP contribution in [0.5, 0.6) is 0 Å². The summed E-state index contributed by atoms with van der Waals surface area (Å²) < 4.78 is 5.13. The van der Waals surface area contributed by atoms with Crippen molar-refractivity contribution in [3.05, 3.63) is 0 Å². The third kappa shape index (κ3) is 1.23. The Bertz CT molecular complexity index is 172. The van der Waals surface area contributed by atoms with Gasteiger partial charge in [0, 0.05) is 0 Å². The van der Waals surface area contributed by atoms with E-state index in [0.29, 0.717) is 6.61 Å². The van der Waals surface area contributed by atoms with Gasteiger partial charge in [0.15, 0.2) is 0 Å². The first kappa shape index (κ1) is 8.09. The van der Waals surface area contributed by atoms with Gasteiger partial charge in [-0.1, -0.05) is 19.3 Å². The summed E-state index contributed by atoms with van der Waals surface area (Å²) in [6, 6.07) is 0. The Balaban J connectivity index is 2.09. The van der Waals surface area contributed by atoms with E-state index >= 15 is 0 Å². The minimum atomic E-state index is -0.0451. The zero-order valence-corrected chi connectivity index (χ0v) is 7.47. The maximum absolute atomic E-state index is 11.5. The van der Waals surface area contributed by atoms with E-state index < -0.39 is 0 Å². The average Bonchev–Trinajstić information content (AvgIpc) is 2.12.